The minimum atomic E-state index is -3.71. The number of hydrogen-bond acceptors (Lipinski definition) is 7. The number of benzene rings is 1. The number of carbonyl (C=O) groups excluding carboxylic acids is 2. The monoisotopic (exact) mass is 463 g/mol. The lowest BCUT2D eigenvalue weighted by Crippen LogP contribution is -2.40. The predicted molar refractivity (Wildman–Crippen MR) is 120 cm³/mol. The Labute approximate surface area is 188 Å². The van der Waals surface area contributed by atoms with Crippen LogP contribution in [0.5, 0.6) is 0 Å². The zero-order valence-electron chi connectivity index (χ0n) is 18.2. The molecule has 0 bridgehead atoms. The van der Waals surface area contributed by atoms with E-state index >= 15 is 0 Å². The van der Waals surface area contributed by atoms with Crippen LogP contribution >= 0.6 is 0 Å². The van der Waals surface area contributed by atoms with Gasteiger partial charge in [0.15, 0.2) is 0 Å². The van der Waals surface area contributed by atoms with Gasteiger partial charge in [-0.1, -0.05) is 0 Å². The lowest BCUT2D eigenvalue weighted by atomic mass is 10.1. The van der Waals surface area contributed by atoms with Gasteiger partial charge in [0, 0.05) is 46.1 Å². The van der Waals surface area contributed by atoms with Gasteiger partial charge in [-0.05, 0) is 37.5 Å². The molecule has 3 aliphatic heterocycles. The zero-order chi connectivity index (χ0) is 22.7. The number of carbonyl (C=O) groups is 2. The molecule has 0 aromatic heterocycles. The molecule has 1 aromatic rings. The Morgan fingerprint density at radius 3 is 2.47 bits per heavy atom. The number of ether oxygens (including phenoxy) is 1. The van der Waals surface area contributed by atoms with Crippen molar-refractivity contribution in [2.45, 2.75) is 37.0 Å². The summed E-state index contributed by atoms with van der Waals surface area (Å²) in [6, 6.07) is 4.91. The zero-order valence-corrected chi connectivity index (χ0v) is 19.1. The average Bonchev–Trinajstić information content (AvgIpc) is 2.82. The summed E-state index contributed by atoms with van der Waals surface area (Å²) in [5.41, 5.74) is 1.48. The largest absolute Gasteiger partial charge is 0.379 e. The van der Waals surface area contributed by atoms with Crippen LogP contribution in [0.15, 0.2) is 28.2 Å². The van der Waals surface area contributed by atoms with Crippen molar-refractivity contribution >= 4 is 38.9 Å². The molecule has 4 rings (SSSR count). The number of hydrazone groups is 1. The Kier molecular flexibility index (Phi) is 6.77. The van der Waals surface area contributed by atoms with E-state index in [4.69, 9.17) is 4.74 Å². The van der Waals surface area contributed by atoms with Crippen molar-refractivity contribution in [1.29, 1.82) is 0 Å². The highest BCUT2D eigenvalue weighted by molar-refractivity contribution is 7.89. The number of piperidine rings is 1. The van der Waals surface area contributed by atoms with Gasteiger partial charge in [-0.25, -0.2) is 13.4 Å². The second-order valence-corrected chi connectivity index (χ2v) is 10.1. The Hall–Kier alpha value is -2.50. The lowest BCUT2D eigenvalue weighted by Gasteiger charge is -2.31. The summed E-state index contributed by atoms with van der Waals surface area (Å²) in [6.07, 6.45) is 3.70. The first-order valence-electron chi connectivity index (χ1n) is 11.0. The van der Waals surface area contributed by atoms with Crippen molar-refractivity contribution in [2.24, 2.45) is 5.10 Å². The van der Waals surface area contributed by atoms with E-state index in [1.165, 1.54) is 22.4 Å². The quantitative estimate of drug-likeness (QED) is 0.703. The molecule has 2 fully saturated rings. The van der Waals surface area contributed by atoms with Crippen LogP contribution in [-0.4, -0.2) is 81.7 Å². The molecule has 2 amide bonds. The van der Waals surface area contributed by atoms with Crippen molar-refractivity contribution in [3.63, 3.8) is 0 Å². The molecule has 2 saturated heterocycles. The van der Waals surface area contributed by atoms with E-state index in [1.54, 1.807) is 12.1 Å². The van der Waals surface area contributed by atoms with Gasteiger partial charge in [-0.15, -0.1) is 0 Å². The second-order valence-electron chi connectivity index (χ2n) is 8.16. The summed E-state index contributed by atoms with van der Waals surface area (Å²) in [5, 5.41) is 8.12. The maximum atomic E-state index is 13.2. The molecular formula is C21H29N5O5S. The van der Waals surface area contributed by atoms with Gasteiger partial charge in [0.1, 0.15) is 5.71 Å². The smallest absolute Gasteiger partial charge is 0.271 e. The maximum Gasteiger partial charge on any atom is 0.271 e. The molecule has 1 aromatic carbocycles. The highest BCUT2D eigenvalue weighted by atomic mass is 32.2. The third kappa shape index (κ3) is 4.79. The van der Waals surface area contributed by atoms with E-state index in [2.05, 4.69) is 15.3 Å². The van der Waals surface area contributed by atoms with Gasteiger partial charge >= 0.3 is 0 Å². The van der Waals surface area contributed by atoms with Crippen molar-refractivity contribution < 1.29 is 22.7 Å². The van der Waals surface area contributed by atoms with Gasteiger partial charge in [-0.2, -0.15) is 9.41 Å². The molecule has 0 radical (unpaired) electrons. The summed E-state index contributed by atoms with van der Waals surface area (Å²) in [6.45, 7) is 3.01. The number of sulfonamides is 1. The third-order valence-corrected chi connectivity index (χ3v) is 7.88. The standard InChI is InChI=1S/C21H29N5O5S/c1-24-20(27)8-6-17(23-24)21(28)22-18-15-16(32(29,30)26-11-13-31-14-12-26)5-7-19(18)25-9-3-2-4-10-25/h5,7,15H,2-4,6,8-14H2,1H3,(H,22,28). The SMILES string of the molecule is CN1N=C(C(=O)Nc2cc(S(=O)(=O)N3CCOCC3)ccc2N2CCCCC2)CCC1=O. The van der Waals surface area contributed by atoms with Crippen LogP contribution in [0.1, 0.15) is 32.1 Å². The van der Waals surface area contributed by atoms with E-state index < -0.39 is 15.9 Å². The number of amides is 2. The fourth-order valence-corrected chi connectivity index (χ4v) is 5.58. The van der Waals surface area contributed by atoms with E-state index in [9.17, 15) is 18.0 Å². The van der Waals surface area contributed by atoms with Crippen LogP contribution in [0.25, 0.3) is 0 Å². The normalized spacial score (nSPS) is 20.8. The first-order chi connectivity index (χ1) is 15.4. The van der Waals surface area contributed by atoms with Crippen LogP contribution in [0.2, 0.25) is 0 Å². The summed E-state index contributed by atoms with van der Waals surface area (Å²) in [4.78, 5) is 26.9. The van der Waals surface area contributed by atoms with Gasteiger partial charge in [-0.3, -0.25) is 9.59 Å². The molecular weight excluding hydrogens is 434 g/mol. The highest BCUT2D eigenvalue weighted by Gasteiger charge is 2.29. The minimum absolute atomic E-state index is 0.133. The molecule has 11 heteroatoms. The van der Waals surface area contributed by atoms with Gasteiger partial charge in [0.05, 0.1) is 29.5 Å². The predicted octanol–water partition coefficient (Wildman–Crippen LogP) is 1.24. The van der Waals surface area contributed by atoms with Crippen LogP contribution in [0.3, 0.4) is 0 Å². The summed E-state index contributed by atoms with van der Waals surface area (Å²) >= 11 is 0. The molecule has 1 N–H and O–H groups in total. The van der Waals surface area contributed by atoms with E-state index in [1.807, 2.05) is 0 Å². The topological polar surface area (TPSA) is 112 Å². The Morgan fingerprint density at radius 1 is 1.06 bits per heavy atom. The van der Waals surface area contributed by atoms with Crippen molar-refractivity contribution in [2.75, 3.05) is 56.7 Å². The fourth-order valence-electron chi connectivity index (χ4n) is 4.15. The molecule has 0 atom stereocenters. The first kappa shape index (κ1) is 22.7. The lowest BCUT2D eigenvalue weighted by molar-refractivity contribution is -0.130. The van der Waals surface area contributed by atoms with Crippen molar-refractivity contribution in [1.82, 2.24) is 9.31 Å². The Bertz CT molecular complexity index is 1010. The van der Waals surface area contributed by atoms with Crippen molar-refractivity contribution in [3.05, 3.63) is 18.2 Å². The minimum Gasteiger partial charge on any atom is -0.379 e. The summed E-state index contributed by atoms with van der Waals surface area (Å²) < 4.78 is 33.0. The van der Waals surface area contributed by atoms with Crippen LogP contribution in [0, 0.1) is 0 Å². The average molecular weight is 464 g/mol. The van der Waals surface area contributed by atoms with E-state index in [-0.39, 0.29) is 29.4 Å². The number of anilines is 2. The molecule has 32 heavy (non-hydrogen) atoms. The van der Waals surface area contributed by atoms with Crippen molar-refractivity contribution in [3.8, 4) is 0 Å². The Morgan fingerprint density at radius 2 is 1.78 bits per heavy atom. The van der Waals surface area contributed by atoms with Crippen LogP contribution < -0.4 is 10.2 Å². The molecule has 0 saturated carbocycles. The number of morpholine rings is 1. The van der Waals surface area contributed by atoms with Crippen LogP contribution in [-0.2, 0) is 24.3 Å². The number of nitrogens with zero attached hydrogens (tertiary/aromatic N) is 4. The van der Waals surface area contributed by atoms with E-state index in [0.717, 1.165) is 38.0 Å². The highest BCUT2D eigenvalue weighted by Crippen LogP contribution is 2.32. The molecule has 0 aliphatic carbocycles. The second kappa shape index (κ2) is 9.55. The number of hydrogen-bond donors (Lipinski definition) is 1. The number of nitrogens with one attached hydrogen (secondary N) is 1. The number of rotatable bonds is 5. The molecule has 3 aliphatic rings. The van der Waals surface area contributed by atoms with Gasteiger partial charge < -0.3 is 15.0 Å². The molecule has 3 heterocycles. The van der Waals surface area contributed by atoms with E-state index in [0.29, 0.717) is 32.0 Å². The summed E-state index contributed by atoms with van der Waals surface area (Å²) in [7, 11) is -2.19. The molecule has 0 unspecified atom stereocenters. The maximum absolute atomic E-state index is 13.2. The third-order valence-electron chi connectivity index (χ3n) is 5.99. The molecule has 0 spiro atoms. The summed E-state index contributed by atoms with van der Waals surface area (Å²) in [5.74, 6) is -0.572. The van der Waals surface area contributed by atoms with Gasteiger partial charge in [0.2, 0.25) is 15.9 Å². The fraction of sp³-hybridized carbons (Fsp3) is 0.571. The first-order valence-corrected chi connectivity index (χ1v) is 12.4. The molecule has 10 nitrogen and oxygen atoms in total. The van der Waals surface area contributed by atoms with Gasteiger partial charge in [0.25, 0.3) is 5.91 Å². The Balaban J connectivity index is 1.65. The molecule has 174 valence electrons. The van der Waals surface area contributed by atoms with Crippen LogP contribution in [0.4, 0.5) is 11.4 Å².